The van der Waals surface area contributed by atoms with Crippen molar-refractivity contribution in [1.29, 1.82) is 0 Å². The highest BCUT2D eigenvalue weighted by Gasteiger charge is 2.27. The maximum absolute atomic E-state index is 10.00. The Hall–Kier alpha value is -1.26. The van der Waals surface area contributed by atoms with Crippen molar-refractivity contribution in [3.8, 4) is 11.5 Å². The monoisotopic (exact) mass is 291 g/mol. The van der Waals surface area contributed by atoms with E-state index in [-0.39, 0.29) is 18.2 Å². The molecular weight excluding hydrogens is 266 g/mol. The summed E-state index contributed by atoms with van der Waals surface area (Å²) < 4.78 is 11.7. The fraction of sp³-hybridized carbons (Fsp3) is 0.647. The molecule has 1 fully saturated rings. The average molecular weight is 291 g/mol. The van der Waals surface area contributed by atoms with Gasteiger partial charge in [-0.2, -0.15) is 0 Å². The lowest BCUT2D eigenvalue weighted by molar-refractivity contribution is 0.00679. The number of fused-ring (bicyclic) bond motifs is 1. The Morgan fingerprint density at radius 1 is 1.33 bits per heavy atom. The van der Waals surface area contributed by atoms with Gasteiger partial charge in [0.2, 0.25) is 0 Å². The molecule has 116 valence electrons. The number of rotatable bonds is 5. The van der Waals surface area contributed by atoms with Crippen LogP contribution in [0.15, 0.2) is 18.2 Å². The van der Waals surface area contributed by atoms with E-state index in [9.17, 15) is 5.11 Å². The van der Waals surface area contributed by atoms with Gasteiger partial charge in [-0.25, -0.2) is 0 Å². The van der Waals surface area contributed by atoms with Gasteiger partial charge in [0, 0.05) is 11.6 Å². The van der Waals surface area contributed by atoms with Crippen LogP contribution in [0.3, 0.4) is 0 Å². The van der Waals surface area contributed by atoms with Crippen LogP contribution >= 0.6 is 0 Å². The normalized spacial score (nSPS) is 28.0. The molecule has 2 aliphatic rings. The number of ether oxygens (including phenoxy) is 2. The van der Waals surface area contributed by atoms with Crippen LogP contribution in [-0.4, -0.2) is 30.5 Å². The molecule has 3 rings (SSSR count). The summed E-state index contributed by atoms with van der Waals surface area (Å²) in [6.07, 6.45) is 4.70. The molecule has 0 bridgehead atoms. The largest absolute Gasteiger partial charge is 0.491 e. The molecule has 0 amide bonds. The van der Waals surface area contributed by atoms with E-state index in [1.807, 2.05) is 12.1 Å². The number of aliphatic hydroxyl groups is 1. The van der Waals surface area contributed by atoms with E-state index in [2.05, 4.69) is 18.3 Å². The Balaban J connectivity index is 1.66. The first-order chi connectivity index (χ1) is 10.3. The van der Waals surface area contributed by atoms with Gasteiger partial charge in [-0.05, 0) is 44.4 Å². The molecule has 0 radical (unpaired) electrons. The summed E-state index contributed by atoms with van der Waals surface area (Å²) in [7, 11) is 0. The maximum atomic E-state index is 10.00. The van der Waals surface area contributed by atoms with Crippen molar-refractivity contribution in [2.75, 3.05) is 13.2 Å². The van der Waals surface area contributed by atoms with Gasteiger partial charge in [-0.1, -0.05) is 13.3 Å². The van der Waals surface area contributed by atoms with E-state index in [4.69, 9.17) is 9.47 Å². The number of benzene rings is 1. The molecule has 1 aliphatic carbocycles. The molecule has 0 aromatic heterocycles. The third-order valence-electron chi connectivity index (χ3n) is 4.36. The van der Waals surface area contributed by atoms with Gasteiger partial charge in [0.05, 0.1) is 12.1 Å². The van der Waals surface area contributed by atoms with Crippen molar-refractivity contribution in [3.63, 3.8) is 0 Å². The first-order valence-electron chi connectivity index (χ1n) is 8.12. The number of hydrogen-bond donors (Lipinski definition) is 2. The van der Waals surface area contributed by atoms with Crippen LogP contribution in [-0.2, 0) is 0 Å². The third-order valence-corrected chi connectivity index (χ3v) is 4.36. The molecule has 1 saturated carbocycles. The van der Waals surface area contributed by atoms with Crippen LogP contribution in [0.25, 0.3) is 0 Å². The van der Waals surface area contributed by atoms with Gasteiger partial charge < -0.3 is 19.9 Å². The summed E-state index contributed by atoms with van der Waals surface area (Å²) in [5, 5.41) is 13.5. The summed E-state index contributed by atoms with van der Waals surface area (Å²) in [5.74, 6) is 1.71. The highest BCUT2D eigenvalue weighted by Crippen LogP contribution is 2.36. The predicted molar refractivity (Wildman–Crippen MR) is 81.9 cm³/mol. The van der Waals surface area contributed by atoms with Crippen LogP contribution in [0, 0.1) is 0 Å². The van der Waals surface area contributed by atoms with Crippen molar-refractivity contribution in [2.45, 2.75) is 57.3 Å². The molecule has 1 heterocycles. The van der Waals surface area contributed by atoms with Gasteiger partial charge in [0.15, 0.2) is 0 Å². The molecule has 1 aromatic carbocycles. The Labute approximate surface area is 126 Å². The van der Waals surface area contributed by atoms with Crippen LogP contribution < -0.4 is 14.8 Å². The van der Waals surface area contributed by atoms with Crippen molar-refractivity contribution >= 4 is 0 Å². The standard InChI is InChI=1S/C17H25NO3/c1-2-9-18-14-11-20-17-10-12(7-8-13(14)17)21-16-6-4-3-5-15(16)19/h7-8,10,14-16,18-19H,2-6,9,11H2,1H3. The minimum absolute atomic E-state index is 0.0767. The van der Waals surface area contributed by atoms with Gasteiger partial charge in [0.1, 0.15) is 24.2 Å². The van der Waals surface area contributed by atoms with E-state index in [0.717, 1.165) is 50.1 Å². The van der Waals surface area contributed by atoms with Gasteiger partial charge in [-0.15, -0.1) is 0 Å². The van der Waals surface area contributed by atoms with E-state index in [0.29, 0.717) is 6.61 Å². The lowest BCUT2D eigenvalue weighted by Gasteiger charge is -2.28. The van der Waals surface area contributed by atoms with Crippen molar-refractivity contribution in [2.24, 2.45) is 0 Å². The third kappa shape index (κ3) is 3.33. The Morgan fingerprint density at radius 3 is 3.00 bits per heavy atom. The lowest BCUT2D eigenvalue weighted by atomic mass is 9.95. The number of aliphatic hydroxyl groups excluding tert-OH is 1. The zero-order valence-corrected chi connectivity index (χ0v) is 12.7. The number of nitrogens with one attached hydrogen (secondary N) is 1. The predicted octanol–water partition coefficient (Wildman–Crippen LogP) is 2.80. The molecule has 3 atom stereocenters. The summed E-state index contributed by atoms with van der Waals surface area (Å²) in [5.41, 5.74) is 1.21. The van der Waals surface area contributed by atoms with Crippen LogP contribution in [0.5, 0.6) is 11.5 Å². The van der Waals surface area contributed by atoms with Crippen molar-refractivity contribution in [1.82, 2.24) is 5.32 Å². The quantitative estimate of drug-likeness (QED) is 0.876. The fourth-order valence-electron chi connectivity index (χ4n) is 3.14. The molecule has 1 aromatic rings. The second kappa shape index (κ2) is 6.67. The Bertz CT molecular complexity index is 477. The molecule has 0 saturated heterocycles. The minimum atomic E-state index is -0.341. The summed E-state index contributed by atoms with van der Waals surface area (Å²) in [4.78, 5) is 0. The van der Waals surface area contributed by atoms with Crippen LogP contribution in [0.1, 0.15) is 50.6 Å². The highest BCUT2D eigenvalue weighted by atomic mass is 16.5. The molecule has 1 aliphatic heterocycles. The molecule has 4 heteroatoms. The first-order valence-corrected chi connectivity index (χ1v) is 8.12. The SMILES string of the molecule is CCCNC1COc2cc(OC3CCCCC3O)ccc21. The number of hydrogen-bond acceptors (Lipinski definition) is 4. The topological polar surface area (TPSA) is 50.7 Å². The lowest BCUT2D eigenvalue weighted by Crippen LogP contribution is -2.34. The molecule has 21 heavy (non-hydrogen) atoms. The maximum Gasteiger partial charge on any atom is 0.128 e. The van der Waals surface area contributed by atoms with E-state index >= 15 is 0 Å². The fourth-order valence-corrected chi connectivity index (χ4v) is 3.14. The van der Waals surface area contributed by atoms with Gasteiger partial charge in [0.25, 0.3) is 0 Å². The van der Waals surface area contributed by atoms with E-state index in [1.165, 1.54) is 5.56 Å². The van der Waals surface area contributed by atoms with E-state index in [1.54, 1.807) is 0 Å². The highest BCUT2D eigenvalue weighted by molar-refractivity contribution is 5.45. The van der Waals surface area contributed by atoms with Gasteiger partial charge >= 0.3 is 0 Å². The average Bonchev–Trinajstić information content (AvgIpc) is 2.90. The van der Waals surface area contributed by atoms with Crippen LogP contribution in [0.4, 0.5) is 0 Å². The van der Waals surface area contributed by atoms with Gasteiger partial charge in [-0.3, -0.25) is 0 Å². The smallest absolute Gasteiger partial charge is 0.128 e. The zero-order valence-electron chi connectivity index (χ0n) is 12.7. The first kappa shape index (κ1) is 14.7. The molecule has 4 nitrogen and oxygen atoms in total. The van der Waals surface area contributed by atoms with Crippen molar-refractivity contribution in [3.05, 3.63) is 23.8 Å². The van der Waals surface area contributed by atoms with E-state index < -0.39 is 0 Å². The molecule has 0 spiro atoms. The summed E-state index contributed by atoms with van der Waals surface area (Å²) in [6.45, 7) is 3.85. The summed E-state index contributed by atoms with van der Waals surface area (Å²) in [6, 6.07) is 6.33. The molecular formula is C17H25NO3. The molecule has 3 unspecified atom stereocenters. The van der Waals surface area contributed by atoms with Crippen molar-refractivity contribution < 1.29 is 14.6 Å². The van der Waals surface area contributed by atoms with Crippen LogP contribution in [0.2, 0.25) is 0 Å². The Morgan fingerprint density at radius 2 is 2.19 bits per heavy atom. The second-order valence-corrected chi connectivity index (χ2v) is 6.03. The second-order valence-electron chi connectivity index (χ2n) is 6.03. The zero-order chi connectivity index (χ0) is 14.7. The summed E-state index contributed by atoms with van der Waals surface area (Å²) >= 11 is 0. The molecule has 2 N–H and O–H groups in total. The minimum Gasteiger partial charge on any atom is -0.491 e. The Kier molecular flexibility index (Phi) is 4.66.